The molecule has 0 saturated carbocycles. The van der Waals surface area contributed by atoms with Gasteiger partial charge in [0.15, 0.2) is 0 Å². The van der Waals surface area contributed by atoms with Crippen molar-refractivity contribution in [2.45, 2.75) is 26.3 Å². The highest BCUT2D eigenvalue weighted by Crippen LogP contribution is 2.15. The van der Waals surface area contributed by atoms with Gasteiger partial charge >= 0.3 is 0 Å². The van der Waals surface area contributed by atoms with E-state index >= 15 is 0 Å². The monoisotopic (exact) mass is 188 g/mol. The largest absolute Gasteiger partial charge is 0.314 e. The summed E-state index contributed by atoms with van der Waals surface area (Å²) in [5.41, 5.74) is 0. The quantitative estimate of drug-likeness (QED) is 0.715. The number of hydrogen-bond donors (Lipinski definition) is 1. The van der Waals surface area contributed by atoms with E-state index in [4.69, 9.17) is 0 Å². The number of alkyl halides is 1. The highest BCUT2D eigenvalue weighted by Gasteiger charge is 2.25. The molecule has 0 aromatic rings. The molecule has 0 amide bonds. The maximum atomic E-state index is 12.3. The van der Waals surface area contributed by atoms with Crippen LogP contribution < -0.4 is 5.32 Å². The minimum Gasteiger partial charge on any atom is -0.314 e. The lowest BCUT2D eigenvalue weighted by Gasteiger charge is -2.38. The second-order valence-corrected chi connectivity index (χ2v) is 3.88. The van der Waals surface area contributed by atoms with E-state index in [9.17, 15) is 4.39 Å². The first-order chi connectivity index (χ1) is 6.29. The molecule has 1 rings (SSSR count). The summed E-state index contributed by atoms with van der Waals surface area (Å²) >= 11 is 0. The van der Waals surface area contributed by atoms with Crippen LogP contribution >= 0.6 is 0 Å². The van der Waals surface area contributed by atoms with Crippen molar-refractivity contribution < 1.29 is 4.39 Å². The van der Waals surface area contributed by atoms with E-state index in [0.29, 0.717) is 18.5 Å². The number of piperazine rings is 1. The first kappa shape index (κ1) is 10.9. The van der Waals surface area contributed by atoms with Gasteiger partial charge in [-0.3, -0.25) is 4.90 Å². The fourth-order valence-corrected chi connectivity index (χ4v) is 1.99. The molecule has 2 atom stereocenters. The van der Waals surface area contributed by atoms with Gasteiger partial charge in [0.1, 0.15) is 6.67 Å². The van der Waals surface area contributed by atoms with Gasteiger partial charge in [-0.15, -0.1) is 0 Å². The fraction of sp³-hybridized carbons (Fsp3) is 1.00. The van der Waals surface area contributed by atoms with Crippen molar-refractivity contribution in [1.29, 1.82) is 0 Å². The van der Waals surface area contributed by atoms with Gasteiger partial charge in [0, 0.05) is 32.2 Å². The first-order valence-corrected chi connectivity index (χ1v) is 5.30. The Hall–Kier alpha value is -0.150. The molecule has 0 aromatic carbocycles. The van der Waals surface area contributed by atoms with Crippen molar-refractivity contribution in [3.63, 3.8) is 0 Å². The number of halogens is 1. The molecule has 1 N–H and O–H groups in total. The van der Waals surface area contributed by atoms with Crippen LogP contribution in [0.3, 0.4) is 0 Å². The van der Waals surface area contributed by atoms with Gasteiger partial charge in [-0.2, -0.15) is 0 Å². The number of hydrogen-bond acceptors (Lipinski definition) is 2. The summed E-state index contributed by atoms with van der Waals surface area (Å²) in [5.74, 6) is 0.666. The molecular formula is C10H21FN2. The van der Waals surface area contributed by atoms with Crippen LogP contribution in [0.1, 0.15) is 20.3 Å². The molecule has 2 unspecified atom stereocenters. The third kappa shape index (κ3) is 2.92. The smallest absolute Gasteiger partial charge is 0.102 e. The van der Waals surface area contributed by atoms with Crippen LogP contribution in [0.4, 0.5) is 4.39 Å². The van der Waals surface area contributed by atoms with E-state index < -0.39 is 0 Å². The molecular weight excluding hydrogens is 167 g/mol. The Morgan fingerprint density at radius 2 is 2.38 bits per heavy atom. The van der Waals surface area contributed by atoms with Gasteiger partial charge in [-0.25, -0.2) is 4.39 Å². The van der Waals surface area contributed by atoms with Gasteiger partial charge < -0.3 is 5.32 Å². The molecule has 0 bridgehead atoms. The van der Waals surface area contributed by atoms with E-state index in [1.165, 1.54) is 6.42 Å². The Bertz CT molecular complexity index is 139. The molecule has 78 valence electrons. The van der Waals surface area contributed by atoms with Crippen molar-refractivity contribution in [3.05, 3.63) is 0 Å². The first-order valence-electron chi connectivity index (χ1n) is 5.30. The molecule has 3 heteroatoms. The van der Waals surface area contributed by atoms with Gasteiger partial charge in [-0.05, 0) is 5.92 Å². The Morgan fingerprint density at radius 3 is 3.00 bits per heavy atom. The van der Waals surface area contributed by atoms with Crippen LogP contribution in [0.2, 0.25) is 0 Å². The normalized spacial score (nSPS) is 27.5. The summed E-state index contributed by atoms with van der Waals surface area (Å²) in [6, 6.07) is 0.537. The van der Waals surface area contributed by atoms with Crippen LogP contribution in [0.15, 0.2) is 0 Å². The van der Waals surface area contributed by atoms with Crippen LogP contribution in [-0.2, 0) is 0 Å². The zero-order valence-corrected chi connectivity index (χ0v) is 8.72. The third-order valence-electron chi connectivity index (χ3n) is 3.07. The number of rotatable bonds is 4. The average molecular weight is 188 g/mol. The summed E-state index contributed by atoms with van der Waals surface area (Å²) in [6.07, 6.45) is 1.18. The van der Waals surface area contributed by atoms with E-state index in [1.807, 2.05) is 0 Å². The van der Waals surface area contributed by atoms with E-state index in [0.717, 1.165) is 19.6 Å². The summed E-state index contributed by atoms with van der Waals surface area (Å²) in [4.78, 5) is 2.28. The zero-order chi connectivity index (χ0) is 9.68. The Labute approximate surface area is 80.5 Å². The second-order valence-electron chi connectivity index (χ2n) is 3.88. The minimum absolute atomic E-state index is 0.215. The van der Waals surface area contributed by atoms with Crippen molar-refractivity contribution >= 4 is 0 Å². The summed E-state index contributed by atoms with van der Waals surface area (Å²) in [5, 5.41) is 3.37. The van der Waals surface area contributed by atoms with Crippen LogP contribution in [0, 0.1) is 5.92 Å². The van der Waals surface area contributed by atoms with Gasteiger partial charge in [0.25, 0.3) is 0 Å². The zero-order valence-electron chi connectivity index (χ0n) is 8.72. The topological polar surface area (TPSA) is 15.3 Å². The van der Waals surface area contributed by atoms with Gasteiger partial charge in [0.05, 0.1) is 0 Å². The fourth-order valence-electron chi connectivity index (χ4n) is 1.99. The summed E-state index contributed by atoms with van der Waals surface area (Å²) in [7, 11) is 0. The van der Waals surface area contributed by atoms with Crippen LogP contribution in [0.5, 0.6) is 0 Å². The lowest BCUT2D eigenvalue weighted by Crippen LogP contribution is -2.54. The molecule has 0 spiro atoms. The third-order valence-corrected chi connectivity index (χ3v) is 3.07. The highest BCUT2D eigenvalue weighted by molar-refractivity contribution is 4.82. The van der Waals surface area contributed by atoms with E-state index in [2.05, 4.69) is 24.1 Å². The second kappa shape index (κ2) is 5.55. The molecule has 0 aliphatic carbocycles. The van der Waals surface area contributed by atoms with Crippen LogP contribution in [0.25, 0.3) is 0 Å². The van der Waals surface area contributed by atoms with Gasteiger partial charge in [0.2, 0.25) is 0 Å². The Kier molecular flexibility index (Phi) is 4.67. The van der Waals surface area contributed by atoms with E-state index in [1.54, 1.807) is 0 Å². The maximum Gasteiger partial charge on any atom is 0.102 e. The minimum atomic E-state index is -0.215. The lowest BCUT2D eigenvalue weighted by molar-refractivity contribution is 0.108. The molecule has 1 aliphatic rings. The number of nitrogens with one attached hydrogen (secondary N) is 1. The summed E-state index contributed by atoms with van der Waals surface area (Å²) < 4.78 is 12.3. The SMILES string of the molecule is CCC(C)C1CNCCN1CCF. The van der Waals surface area contributed by atoms with E-state index in [-0.39, 0.29) is 6.67 Å². The molecule has 13 heavy (non-hydrogen) atoms. The van der Waals surface area contributed by atoms with Gasteiger partial charge in [-0.1, -0.05) is 20.3 Å². The van der Waals surface area contributed by atoms with Crippen molar-refractivity contribution in [2.24, 2.45) is 5.92 Å². The number of nitrogens with zero attached hydrogens (tertiary/aromatic N) is 1. The molecule has 2 nitrogen and oxygen atoms in total. The standard InChI is InChI=1S/C10H21FN2/c1-3-9(2)10-8-12-5-7-13(10)6-4-11/h9-10,12H,3-8H2,1-2H3. The maximum absolute atomic E-state index is 12.3. The molecule has 1 saturated heterocycles. The highest BCUT2D eigenvalue weighted by atomic mass is 19.1. The predicted octanol–water partition coefficient (Wildman–Crippen LogP) is 1.28. The van der Waals surface area contributed by atoms with Crippen molar-refractivity contribution in [1.82, 2.24) is 10.2 Å². The van der Waals surface area contributed by atoms with Crippen LogP contribution in [-0.4, -0.2) is 43.8 Å². The Morgan fingerprint density at radius 1 is 1.62 bits per heavy atom. The molecule has 0 radical (unpaired) electrons. The Balaban J connectivity index is 2.45. The summed E-state index contributed by atoms with van der Waals surface area (Å²) in [6.45, 7) is 7.88. The predicted molar refractivity (Wildman–Crippen MR) is 53.7 cm³/mol. The molecule has 1 aliphatic heterocycles. The average Bonchev–Trinajstić information content (AvgIpc) is 2.18. The van der Waals surface area contributed by atoms with Crippen molar-refractivity contribution in [2.75, 3.05) is 32.9 Å². The van der Waals surface area contributed by atoms with Crippen molar-refractivity contribution in [3.8, 4) is 0 Å². The molecule has 1 heterocycles. The molecule has 1 fully saturated rings. The lowest BCUT2D eigenvalue weighted by atomic mass is 9.96. The molecule has 0 aromatic heterocycles.